The summed E-state index contributed by atoms with van der Waals surface area (Å²) in [6.45, 7) is 3.89. The first kappa shape index (κ1) is 11.5. The Kier molecular flexibility index (Phi) is 3.17. The van der Waals surface area contributed by atoms with Crippen molar-refractivity contribution in [2.75, 3.05) is 25.1 Å². The lowest BCUT2D eigenvalue weighted by Crippen LogP contribution is -2.34. The molecule has 2 atom stereocenters. The molecule has 0 unspecified atom stereocenters. The molecule has 1 aromatic heterocycles. The number of hydrogen-bond donors (Lipinski definition) is 1. The number of rotatable bonds is 4. The van der Waals surface area contributed by atoms with Crippen molar-refractivity contribution < 1.29 is 13.9 Å². The third kappa shape index (κ3) is 2.19. The summed E-state index contributed by atoms with van der Waals surface area (Å²) in [5.41, 5.74) is 1.64. The van der Waals surface area contributed by atoms with Gasteiger partial charge in [0, 0.05) is 6.61 Å². The van der Waals surface area contributed by atoms with Gasteiger partial charge in [-0.15, -0.1) is 0 Å². The van der Waals surface area contributed by atoms with Crippen LogP contribution in [-0.4, -0.2) is 37.0 Å². The van der Waals surface area contributed by atoms with Crippen molar-refractivity contribution in [3.63, 3.8) is 0 Å². The zero-order valence-electron chi connectivity index (χ0n) is 10.3. The number of fused-ring (bicyclic) bond motifs is 1. The number of ether oxygens (including phenoxy) is 2. The zero-order valence-corrected chi connectivity index (χ0v) is 10.3. The summed E-state index contributed by atoms with van der Waals surface area (Å²) >= 11 is 0. The molecule has 1 aliphatic heterocycles. The zero-order chi connectivity index (χ0) is 12.4. The maximum atomic E-state index is 5.62. The average Bonchev–Trinajstić information content (AvgIpc) is 2.97. The van der Waals surface area contributed by atoms with Crippen molar-refractivity contribution in [1.29, 1.82) is 0 Å². The molecule has 0 spiro atoms. The van der Waals surface area contributed by atoms with Crippen molar-refractivity contribution in [3.05, 3.63) is 24.3 Å². The average molecular weight is 248 g/mol. The fourth-order valence-corrected chi connectivity index (χ4v) is 2.14. The lowest BCUT2D eigenvalue weighted by molar-refractivity contribution is 0.0476. The molecule has 1 aliphatic rings. The summed E-state index contributed by atoms with van der Waals surface area (Å²) in [5.74, 6) is 0. The molecule has 0 amide bonds. The minimum Gasteiger partial charge on any atom is -0.424 e. The molecule has 1 fully saturated rings. The first-order valence-electron chi connectivity index (χ1n) is 6.18. The topological polar surface area (TPSA) is 56.5 Å². The number of nitrogens with one attached hydrogen (secondary N) is 1. The summed E-state index contributed by atoms with van der Waals surface area (Å²) in [6, 6.07) is 8.32. The van der Waals surface area contributed by atoms with E-state index in [0.29, 0.717) is 25.8 Å². The van der Waals surface area contributed by atoms with E-state index in [4.69, 9.17) is 13.9 Å². The van der Waals surface area contributed by atoms with Crippen LogP contribution in [0.2, 0.25) is 0 Å². The van der Waals surface area contributed by atoms with Crippen LogP contribution in [0, 0.1) is 0 Å². The molecule has 96 valence electrons. The molecule has 0 saturated carbocycles. The number of nitrogens with zero attached hydrogens (tertiary/aromatic N) is 1. The molecule has 5 nitrogen and oxygen atoms in total. The van der Waals surface area contributed by atoms with Gasteiger partial charge in [-0.3, -0.25) is 0 Å². The molecular formula is C13H16N2O3. The van der Waals surface area contributed by atoms with Crippen molar-refractivity contribution in [3.8, 4) is 0 Å². The van der Waals surface area contributed by atoms with Gasteiger partial charge in [0.25, 0.3) is 6.01 Å². The molecule has 0 aliphatic carbocycles. The van der Waals surface area contributed by atoms with Crippen LogP contribution in [-0.2, 0) is 9.47 Å². The van der Waals surface area contributed by atoms with Gasteiger partial charge in [0.05, 0.1) is 19.3 Å². The Hall–Kier alpha value is -1.59. The Morgan fingerprint density at radius 1 is 1.39 bits per heavy atom. The van der Waals surface area contributed by atoms with Gasteiger partial charge in [0.15, 0.2) is 5.58 Å². The van der Waals surface area contributed by atoms with Crippen LogP contribution in [0.4, 0.5) is 6.01 Å². The molecule has 5 heteroatoms. The normalized spacial score (nSPS) is 23.6. The van der Waals surface area contributed by atoms with Crippen LogP contribution < -0.4 is 5.32 Å². The quantitative estimate of drug-likeness (QED) is 0.897. The van der Waals surface area contributed by atoms with Gasteiger partial charge in [-0.1, -0.05) is 12.1 Å². The third-order valence-electron chi connectivity index (χ3n) is 3.01. The van der Waals surface area contributed by atoms with Gasteiger partial charge < -0.3 is 19.2 Å². The predicted octanol–water partition coefficient (Wildman–Crippen LogP) is 2.04. The Labute approximate surface area is 105 Å². The second-order valence-electron chi connectivity index (χ2n) is 4.27. The van der Waals surface area contributed by atoms with Crippen molar-refractivity contribution >= 4 is 17.1 Å². The number of hydrogen-bond acceptors (Lipinski definition) is 5. The molecule has 2 aromatic rings. The molecule has 3 rings (SSSR count). The first-order valence-corrected chi connectivity index (χ1v) is 6.18. The van der Waals surface area contributed by atoms with Gasteiger partial charge in [0.2, 0.25) is 0 Å². The van der Waals surface area contributed by atoms with Crippen molar-refractivity contribution in [1.82, 2.24) is 4.98 Å². The van der Waals surface area contributed by atoms with E-state index in [1.807, 2.05) is 31.2 Å². The Bertz CT molecular complexity index is 493. The van der Waals surface area contributed by atoms with Gasteiger partial charge in [0.1, 0.15) is 11.6 Å². The summed E-state index contributed by atoms with van der Waals surface area (Å²) < 4.78 is 16.6. The molecule has 1 aromatic carbocycles. The van der Waals surface area contributed by atoms with Crippen LogP contribution in [0.25, 0.3) is 11.1 Å². The van der Waals surface area contributed by atoms with Crippen molar-refractivity contribution in [2.24, 2.45) is 0 Å². The number of benzene rings is 1. The highest BCUT2D eigenvalue weighted by Gasteiger charge is 2.29. The van der Waals surface area contributed by atoms with E-state index in [2.05, 4.69) is 10.3 Å². The second kappa shape index (κ2) is 4.96. The van der Waals surface area contributed by atoms with Gasteiger partial charge >= 0.3 is 0 Å². The maximum absolute atomic E-state index is 5.62. The lowest BCUT2D eigenvalue weighted by Gasteiger charge is -2.17. The highest BCUT2D eigenvalue weighted by atomic mass is 16.5. The molecule has 1 N–H and O–H groups in total. The molecule has 1 saturated heterocycles. The minimum absolute atomic E-state index is 0.0602. The fourth-order valence-electron chi connectivity index (χ4n) is 2.14. The summed E-state index contributed by atoms with van der Waals surface area (Å²) in [5, 5.41) is 3.24. The molecule has 0 bridgehead atoms. The fraction of sp³-hybridized carbons (Fsp3) is 0.462. The molecular weight excluding hydrogens is 232 g/mol. The van der Waals surface area contributed by atoms with E-state index in [9.17, 15) is 0 Å². The van der Waals surface area contributed by atoms with Crippen molar-refractivity contribution in [2.45, 2.75) is 19.1 Å². The smallest absolute Gasteiger partial charge is 0.296 e. The molecule has 2 heterocycles. The van der Waals surface area contributed by atoms with Gasteiger partial charge in [-0.25, -0.2) is 0 Å². The van der Waals surface area contributed by atoms with E-state index in [0.717, 1.165) is 11.1 Å². The number of para-hydroxylation sites is 2. The Morgan fingerprint density at radius 3 is 3.11 bits per heavy atom. The number of aromatic nitrogens is 1. The SMILES string of the molecule is CCO[C@@H]1COC[C@H]1Nc1nc2ccccc2o1. The van der Waals surface area contributed by atoms with E-state index < -0.39 is 0 Å². The molecule has 0 radical (unpaired) electrons. The number of anilines is 1. The van der Waals surface area contributed by atoms with Crippen LogP contribution in [0.1, 0.15) is 6.92 Å². The van der Waals surface area contributed by atoms with E-state index >= 15 is 0 Å². The monoisotopic (exact) mass is 248 g/mol. The standard InChI is InChI=1S/C13H16N2O3/c1-2-17-12-8-16-7-10(12)15-13-14-9-5-3-4-6-11(9)18-13/h3-6,10,12H,2,7-8H2,1H3,(H,14,15)/t10-,12-/m1/s1. The summed E-state index contributed by atoms with van der Waals surface area (Å²) in [6.07, 6.45) is 0.0602. The largest absolute Gasteiger partial charge is 0.424 e. The van der Waals surface area contributed by atoms with Crippen LogP contribution in [0.3, 0.4) is 0 Å². The van der Waals surface area contributed by atoms with E-state index in [1.54, 1.807) is 0 Å². The van der Waals surface area contributed by atoms with Crippen LogP contribution >= 0.6 is 0 Å². The van der Waals surface area contributed by atoms with Crippen LogP contribution in [0.5, 0.6) is 0 Å². The lowest BCUT2D eigenvalue weighted by atomic mass is 10.2. The Morgan fingerprint density at radius 2 is 2.28 bits per heavy atom. The number of oxazole rings is 1. The summed E-state index contributed by atoms with van der Waals surface area (Å²) in [7, 11) is 0. The van der Waals surface area contributed by atoms with Crippen LogP contribution in [0.15, 0.2) is 28.7 Å². The summed E-state index contributed by atoms with van der Waals surface area (Å²) in [4.78, 5) is 4.38. The molecule has 18 heavy (non-hydrogen) atoms. The van der Waals surface area contributed by atoms with Gasteiger partial charge in [-0.2, -0.15) is 4.98 Å². The van der Waals surface area contributed by atoms with Gasteiger partial charge in [-0.05, 0) is 19.1 Å². The first-order chi connectivity index (χ1) is 8.86. The minimum atomic E-state index is 0.0602. The highest BCUT2D eigenvalue weighted by molar-refractivity contribution is 5.74. The second-order valence-corrected chi connectivity index (χ2v) is 4.27. The predicted molar refractivity (Wildman–Crippen MR) is 67.7 cm³/mol. The van der Waals surface area contributed by atoms with E-state index in [-0.39, 0.29) is 12.1 Å². The Balaban J connectivity index is 1.75. The van der Waals surface area contributed by atoms with E-state index in [1.165, 1.54) is 0 Å². The third-order valence-corrected chi connectivity index (χ3v) is 3.01. The maximum Gasteiger partial charge on any atom is 0.296 e. The highest BCUT2D eigenvalue weighted by Crippen LogP contribution is 2.21.